The van der Waals surface area contributed by atoms with Crippen LogP contribution in [0.3, 0.4) is 0 Å². The largest absolute Gasteiger partial charge is 0.421 e. The van der Waals surface area contributed by atoms with Gasteiger partial charge in [0.2, 0.25) is 0 Å². The van der Waals surface area contributed by atoms with Gasteiger partial charge in [-0.2, -0.15) is 0 Å². The van der Waals surface area contributed by atoms with Crippen molar-refractivity contribution in [1.29, 1.82) is 0 Å². The van der Waals surface area contributed by atoms with Gasteiger partial charge in [-0.05, 0) is 25.4 Å². The highest BCUT2D eigenvalue weighted by Gasteiger charge is 2.17. The number of rotatable bonds is 4. The van der Waals surface area contributed by atoms with Crippen LogP contribution in [-0.2, 0) is 4.43 Å². The molecule has 0 N–H and O–H groups in total. The zero-order valence-electron chi connectivity index (χ0n) is 8.51. The summed E-state index contributed by atoms with van der Waals surface area (Å²) < 4.78 is 5.68. The van der Waals surface area contributed by atoms with Crippen molar-refractivity contribution >= 4 is 9.04 Å². The molecule has 1 aliphatic carbocycles. The zero-order valence-corrected chi connectivity index (χ0v) is 9.67. The van der Waals surface area contributed by atoms with Gasteiger partial charge in [0.25, 0.3) is 0 Å². The average Bonchev–Trinajstić information content (AvgIpc) is 2.06. The van der Waals surface area contributed by atoms with E-state index >= 15 is 0 Å². The molecule has 1 aliphatic rings. The minimum atomic E-state index is -0.775. The van der Waals surface area contributed by atoms with Crippen LogP contribution >= 0.6 is 0 Å². The van der Waals surface area contributed by atoms with Gasteiger partial charge < -0.3 is 4.43 Å². The second kappa shape index (κ2) is 5.76. The summed E-state index contributed by atoms with van der Waals surface area (Å²) in [6, 6.07) is 1.42. The maximum Gasteiger partial charge on any atom is 0.174 e. The fourth-order valence-corrected chi connectivity index (χ4v) is 4.36. The van der Waals surface area contributed by atoms with E-state index in [1.807, 2.05) is 0 Å². The van der Waals surface area contributed by atoms with Gasteiger partial charge in [0.05, 0.1) is 0 Å². The first-order valence-electron chi connectivity index (χ1n) is 5.44. The Morgan fingerprint density at radius 3 is 2.50 bits per heavy atom. The van der Waals surface area contributed by atoms with Gasteiger partial charge in [-0.3, -0.25) is 0 Å². The molecule has 0 amide bonds. The van der Waals surface area contributed by atoms with Gasteiger partial charge >= 0.3 is 0 Å². The molecule has 0 aliphatic heterocycles. The van der Waals surface area contributed by atoms with Crippen LogP contribution in [0.5, 0.6) is 0 Å². The lowest BCUT2D eigenvalue weighted by molar-refractivity contribution is 0.322. The van der Waals surface area contributed by atoms with Crippen LogP contribution < -0.4 is 0 Å². The topological polar surface area (TPSA) is 9.23 Å². The van der Waals surface area contributed by atoms with Gasteiger partial charge in [0.15, 0.2) is 9.04 Å². The lowest BCUT2D eigenvalue weighted by Crippen LogP contribution is -2.19. The molecular formula is C10H22OSi. The number of hydrogen-bond donors (Lipinski definition) is 0. The summed E-state index contributed by atoms with van der Waals surface area (Å²) in [4.78, 5) is 0. The molecular weight excluding hydrogens is 164 g/mol. The average molecular weight is 186 g/mol. The van der Waals surface area contributed by atoms with Crippen LogP contribution in [-0.4, -0.2) is 15.6 Å². The predicted octanol–water partition coefficient (Wildman–Crippen LogP) is 2.96. The van der Waals surface area contributed by atoms with Crippen molar-refractivity contribution in [3.05, 3.63) is 0 Å². The standard InChI is InChI=1S/C10H22OSi/c1-3-11-12(2)9-10-7-5-4-6-8-10/h10,12H,3-9H2,1-2H3. The molecule has 1 unspecified atom stereocenters. The Morgan fingerprint density at radius 1 is 1.25 bits per heavy atom. The lowest BCUT2D eigenvalue weighted by atomic mass is 9.91. The second-order valence-electron chi connectivity index (χ2n) is 4.01. The summed E-state index contributed by atoms with van der Waals surface area (Å²) in [5.74, 6) is 1.02. The normalized spacial score (nSPS) is 22.5. The molecule has 0 saturated heterocycles. The Hall–Kier alpha value is 0.177. The quantitative estimate of drug-likeness (QED) is 0.613. The minimum Gasteiger partial charge on any atom is -0.421 e. The lowest BCUT2D eigenvalue weighted by Gasteiger charge is -2.23. The third-order valence-corrected chi connectivity index (χ3v) is 5.07. The van der Waals surface area contributed by atoms with E-state index in [0.717, 1.165) is 12.5 Å². The first-order valence-corrected chi connectivity index (χ1v) is 7.88. The van der Waals surface area contributed by atoms with Gasteiger partial charge in [0.1, 0.15) is 0 Å². The summed E-state index contributed by atoms with van der Waals surface area (Å²) in [5, 5.41) is 0. The monoisotopic (exact) mass is 186 g/mol. The first-order chi connectivity index (χ1) is 5.83. The van der Waals surface area contributed by atoms with Gasteiger partial charge in [-0.15, -0.1) is 0 Å². The van der Waals surface area contributed by atoms with E-state index in [1.54, 1.807) is 0 Å². The Balaban J connectivity index is 2.11. The second-order valence-corrected chi connectivity index (χ2v) is 6.43. The molecule has 1 atom stereocenters. The highest BCUT2D eigenvalue weighted by atomic mass is 28.3. The Kier molecular flexibility index (Phi) is 4.92. The zero-order chi connectivity index (χ0) is 8.81. The van der Waals surface area contributed by atoms with Crippen LogP contribution in [0.2, 0.25) is 12.6 Å². The van der Waals surface area contributed by atoms with E-state index in [-0.39, 0.29) is 0 Å². The molecule has 0 heterocycles. The molecule has 12 heavy (non-hydrogen) atoms. The van der Waals surface area contributed by atoms with Crippen LogP contribution in [0.15, 0.2) is 0 Å². The third-order valence-electron chi connectivity index (χ3n) is 2.84. The molecule has 72 valence electrons. The molecule has 0 aromatic heterocycles. The minimum absolute atomic E-state index is 0.775. The Morgan fingerprint density at radius 2 is 1.92 bits per heavy atom. The molecule has 0 radical (unpaired) electrons. The molecule has 2 heteroatoms. The van der Waals surface area contributed by atoms with Gasteiger partial charge in [-0.25, -0.2) is 0 Å². The summed E-state index contributed by atoms with van der Waals surface area (Å²) in [5.41, 5.74) is 0. The smallest absolute Gasteiger partial charge is 0.174 e. The van der Waals surface area contributed by atoms with E-state index < -0.39 is 9.04 Å². The molecule has 1 nitrogen and oxygen atoms in total. The maximum atomic E-state index is 5.68. The molecule has 0 bridgehead atoms. The van der Waals surface area contributed by atoms with E-state index in [4.69, 9.17) is 4.43 Å². The SMILES string of the molecule is CCO[SiH](C)CC1CCCCC1. The maximum absolute atomic E-state index is 5.68. The molecule has 1 saturated carbocycles. The molecule has 1 fully saturated rings. The summed E-state index contributed by atoms with van der Waals surface area (Å²) >= 11 is 0. The van der Waals surface area contributed by atoms with Gasteiger partial charge in [0, 0.05) is 6.61 Å². The van der Waals surface area contributed by atoms with E-state index in [1.165, 1.54) is 38.1 Å². The Bertz CT molecular complexity index is 110. The molecule has 0 spiro atoms. The molecule has 0 aromatic carbocycles. The predicted molar refractivity (Wildman–Crippen MR) is 56.0 cm³/mol. The van der Waals surface area contributed by atoms with Crippen LogP contribution in [0, 0.1) is 5.92 Å². The summed E-state index contributed by atoms with van der Waals surface area (Å²) in [6.07, 6.45) is 7.37. The van der Waals surface area contributed by atoms with Crippen molar-refractivity contribution in [1.82, 2.24) is 0 Å². The number of hydrogen-bond acceptors (Lipinski definition) is 1. The first kappa shape index (κ1) is 10.3. The van der Waals surface area contributed by atoms with Crippen molar-refractivity contribution in [3.63, 3.8) is 0 Å². The van der Waals surface area contributed by atoms with Crippen LogP contribution in [0.1, 0.15) is 39.0 Å². The fourth-order valence-electron chi connectivity index (χ4n) is 2.24. The van der Waals surface area contributed by atoms with Crippen LogP contribution in [0.25, 0.3) is 0 Å². The molecule has 0 aromatic rings. The van der Waals surface area contributed by atoms with Crippen LogP contribution in [0.4, 0.5) is 0 Å². The highest BCUT2D eigenvalue weighted by molar-refractivity contribution is 6.50. The van der Waals surface area contributed by atoms with E-state index in [2.05, 4.69) is 13.5 Å². The summed E-state index contributed by atoms with van der Waals surface area (Å²) in [6.45, 7) is 5.39. The van der Waals surface area contributed by atoms with E-state index in [0.29, 0.717) is 0 Å². The van der Waals surface area contributed by atoms with Crippen molar-refractivity contribution < 1.29 is 4.43 Å². The highest BCUT2D eigenvalue weighted by Crippen LogP contribution is 2.27. The van der Waals surface area contributed by atoms with Crippen molar-refractivity contribution in [2.75, 3.05) is 6.61 Å². The molecule has 1 rings (SSSR count). The van der Waals surface area contributed by atoms with Crippen molar-refractivity contribution in [2.24, 2.45) is 5.92 Å². The van der Waals surface area contributed by atoms with Crippen molar-refractivity contribution in [2.45, 2.75) is 51.6 Å². The Labute approximate surface area is 78.2 Å². The van der Waals surface area contributed by atoms with Gasteiger partial charge in [-0.1, -0.05) is 32.1 Å². The summed E-state index contributed by atoms with van der Waals surface area (Å²) in [7, 11) is -0.775. The fraction of sp³-hybridized carbons (Fsp3) is 1.00. The van der Waals surface area contributed by atoms with Crippen molar-refractivity contribution in [3.8, 4) is 0 Å². The third kappa shape index (κ3) is 3.72. The van der Waals surface area contributed by atoms with E-state index in [9.17, 15) is 0 Å².